The first-order valence-corrected chi connectivity index (χ1v) is 13.8. The number of nitrogens with one attached hydrogen (secondary N) is 2. The molecule has 3 fully saturated rings. The minimum absolute atomic E-state index is 0.0297. The average Bonchev–Trinajstić information content (AvgIpc) is 3.28. The lowest BCUT2D eigenvalue weighted by Gasteiger charge is -2.45. The summed E-state index contributed by atoms with van der Waals surface area (Å²) in [5.74, 6) is -1.12. The fourth-order valence-electron chi connectivity index (χ4n) is 7.70. The molecule has 0 unspecified atom stereocenters. The summed E-state index contributed by atoms with van der Waals surface area (Å²) in [5.41, 5.74) is 1.44. The molecule has 6 heteroatoms. The lowest BCUT2D eigenvalue weighted by molar-refractivity contribution is -0.145. The Balaban J connectivity index is 1.46. The summed E-state index contributed by atoms with van der Waals surface area (Å²) in [4.78, 5) is 44.4. The van der Waals surface area contributed by atoms with E-state index in [1.54, 1.807) is 0 Å². The highest BCUT2D eigenvalue weighted by Crippen LogP contribution is 2.66. The number of ether oxygens (including phenoxy) is 1. The van der Waals surface area contributed by atoms with E-state index in [-0.39, 0.29) is 53.8 Å². The summed E-state index contributed by atoms with van der Waals surface area (Å²) in [5, 5.41) is 4.39. The summed E-state index contributed by atoms with van der Waals surface area (Å²) >= 11 is 0. The minimum atomic E-state index is -1.32. The van der Waals surface area contributed by atoms with Crippen molar-refractivity contribution in [2.24, 2.45) is 29.1 Å². The number of carbonyl (C=O) groups excluding carboxylic acids is 3. The van der Waals surface area contributed by atoms with Gasteiger partial charge in [0.05, 0.1) is 11.7 Å². The second kappa shape index (κ2) is 8.91. The highest BCUT2D eigenvalue weighted by molar-refractivity contribution is 6.15. The van der Waals surface area contributed by atoms with Crippen molar-refractivity contribution < 1.29 is 19.1 Å². The molecule has 2 aliphatic heterocycles. The summed E-state index contributed by atoms with van der Waals surface area (Å²) in [6.45, 7) is 8.31. The van der Waals surface area contributed by atoms with Crippen LogP contribution in [-0.2, 0) is 25.5 Å². The van der Waals surface area contributed by atoms with Gasteiger partial charge in [-0.25, -0.2) is 0 Å². The van der Waals surface area contributed by atoms with Gasteiger partial charge < -0.3 is 15.0 Å². The van der Waals surface area contributed by atoms with Gasteiger partial charge in [-0.2, -0.15) is 0 Å². The van der Waals surface area contributed by atoms with Crippen LogP contribution in [0.5, 0.6) is 0 Å². The molecule has 3 heterocycles. The van der Waals surface area contributed by atoms with Gasteiger partial charge in [-0.1, -0.05) is 55.8 Å². The fourth-order valence-corrected chi connectivity index (χ4v) is 7.70. The molecule has 2 aromatic rings. The van der Waals surface area contributed by atoms with Crippen LogP contribution in [0, 0.1) is 29.1 Å². The Morgan fingerprint density at radius 3 is 2.71 bits per heavy atom. The van der Waals surface area contributed by atoms with Crippen molar-refractivity contribution in [3.8, 4) is 0 Å². The molecule has 6 nitrogen and oxygen atoms in total. The van der Waals surface area contributed by atoms with Gasteiger partial charge in [0.2, 0.25) is 5.91 Å². The van der Waals surface area contributed by atoms with Crippen molar-refractivity contribution in [1.82, 2.24) is 10.3 Å². The maximum Gasteiger partial charge on any atom is 0.235 e. The van der Waals surface area contributed by atoms with E-state index >= 15 is 0 Å². The van der Waals surface area contributed by atoms with Gasteiger partial charge in [0, 0.05) is 41.4 Å². The third-order valence-corrected chi connectivity index (χ3v) is 9.65. The predicted molar refractivity (Wildman–Crippen MR) is 146 cm³/mol. The van der Waals surface area contributed by atoms with Gasteiger partial charge >= 0.3 is 0 Å². The SMILES string of the molecule is C/[13C]1=[13CH]\[13C@@H](C)[13CH2]/[13CH]=[13CH]/[13C@H]2[13C@@H]3O[13C@]3(C)[13C@@H]([13CH3])[C@H]3[C@H](Cc4c[nH]c5ccccc45)N[13C](=O)[13C@]32[13C](=O)/[13CH]=[13CH]/[13C](=O)[13CH2]1. The highest BCUT2D eigenvalue weighted by atomic mass is 16.8. The molecule has 8 atom stereocenters. The van der Waals surface area contributed by atoms with Gasteiger partial charge in [0.25, 0.3) is 0 Å². The zero-order valence-electron chi connectivity index (χ0n) is 22.5. The number of rotatable bonds is 2. The number of epoxide rings is 1. The maximum absolute atomic E-state index is 14.2. The number of carbonyl (C=O) groups is 3. The summed E-state index contributed by atoms with van der Waals surface area (Å²) in [6.07, 6.45) is 12.5. The van der Waals surface area contributed by atoms with E-state index < -0.39 is 16.9 Å². The Labute approximate surface area is 223 Å². The highest BCUT2D eigenvalue weighted by Gasteiger charge is 2.78. The Morgan fingerprint density at radius 1 is 1.11 bits per heavy atom. The molecule has 1 saturated carbocycles. The van der Waals surface area contributed by atoms with Gasteiger partial charge in [-0.15, -0.1) is 0 Å². The Bertz CT molecular complexity index is 1420. The number of ketones is 2. The molecule has 0 bridgehead atoms. The molecule has 1 spiro atoms. The van der Waals surface area contributed by atoms with Crippen LogP contribution < -0.4 is 5.32 Å². The molecule has 198 valence electrons. The maximum atomic E-state index is 14.2. The van der Waals surface area contributed by atoms with Crippen LogP contribution in [0.4, 0.5) is 0 Å². The molecular formula is C32H36N2O4. The van der Waals surface area contributed by atoms with E-state index in [0.29, 0.717) is 6.42 Å². The largest absolute Gasteiger partial charge is 0.365 e. The molecular weight excluding hydrogens is 494 g/mol. The number of benzene rings is 1. The zero-order valence-corrected chi connectivity index (χ0v) is 22.5. The number of aromatic nitrogens is 1. The summed E-state index contributed by atoms with van der Waals surface area (Å²) < 4.78 is 6.35. The van der Waals surface area contributed by atoms with E-state index in [1.807, 2.05) is 31.3 Å². The molecule has 1 amide bonds. The molecule has 2 saturated heterocycles. The Hall–Kier alpha value is -3.25. The van der Waals surface area contributed by atoms with E-state index in [1.165, 1.54) is 12.2 Å². The quantitative estimate of drug-likeness (QED) is 0.251. The summed E-state index contributed by atoms with van der Waals surface area (Å²) in [6, 6.07) is 7.90. The van der Waals surface area contributed by atoms with E-state index in [0.717, 1.165) is 28.5 Å². The van der Waals surface area contributed by atoms with Crippen LogP contribution in [0.3, 0.4) is 0 Å². The van der Waals surface area contributed by atoms with Gasteiger partial charge in [-0.3, -0.25) is 14.4 Å². The number of amides is 1. The van der Waals surface area contributed by atoms with Gasteiger partial charge in [-0.05, 0) is 62.3 Å². The lowest BCUT2D eigenvalue weighted by Crippen LogP contribution is -2.58. The lowest BCUT2D eigenvalue weighted by atomic mass is 9.98. The number of hydrogen-bond acceptors (Lipinski definition) is 4. The molecule has 4 aliphatic rings. The Morgan fingerprint density at radius 2 is 1.89 bits per heavy atom. The van der Waals surface area contributed by atoms with Crippen LogP contribution in [0.25, 0.3) is 10.9 Å². The van der Waals surface area contributed by atoms with E-state index in [2.05, 4.69) is 55.4 Å². The Kier molecular flexibility index (Phi) is 5.87. The van der Waals surface area contributed by atoms with Crippen LogP contribution in [0.1, 0.15) is 46.1 Å². The van der Waals surface area contributed by atoms with Gasteiger partial charge in [0.1, 0.15) is 5.41 Å². The molecule has 2 N–H and O–H groups in total. The number of fused-ring (bicyclic) bond motifs is 3. The number of aromatic amines is 1. The number of para-hydroxylation sites is 1. The number of allylic oxidation sites excluding steroid dienone is 5. The molecule has 6 rings (SSSR count). The van der Waals surface area contributed by atoms with Crippen molar-refractivity contribution in [2.45, 2.75) is 64.7 Å². The van der Waals surface area contributed by atoms with E-state index in [4.69, 9.17) is 4.74 Å². The van der Waals surface area contributed by atoms with Crippen molar-refractivity contribution in [3.63, 3.8) is 0 Å². The second-order valence-electron chi connectivity index (χ2n) is 12.1. The first kappa shape index (κ1) is 25.1. The predicted octanol–water partition coefficient (Wildman–Crippen LogP) is 4.86. The van der Waals surface area contributed by atoms with Crippen LogP contribution >= 0.6 is 0 Å². The summed E-state index contributed by atoms with van der Waals surface area (Å²) in [7, 11) is 0. The smallest absolute Gasteiger partial charge is 0.235 e. The second-order valence-corrected chi connectivity index (χ2v) is 12.1. The molecule has 38 heavy (non-hydrogen) atoms. The average molecular weight is 531 g/mol. The third-order valence-electron chi connectivity index (χ3n) is 9.65. The van der Waals surface area contributed by atoms with E-state index in [9.17, 15) is 14.4 Å². The first-order valence-electron chi connectivity index (χ1n) is 13.8. The minimum Gasteiger partial charge on any atom is -0.365 e. The van der Waals surface area contributed by atoms with Gasteiger partial charge in [0.15, 0.2) is 11.6 Å². The molecule has 2 aliphatic carbocycles. The molecule has 1 aromatic heterocycles. The van der Waals surface area contributed by atoms with Crippen LogP contribution in [-0.4, -0.2) is 40.2 Å². The number of hydrogen-bond donors (Lipinski definition) is 2. The zero-order chi connectivity index (χ0) is 26.8. The fraction of sp³-hybridized carbons (Fsp3) is 0.469. The first-order chi connectivity index (χ1) is 18.2. The van der Waals surface area contributed by atoms with Crippen LogP contribution in [0.2, 0.25) is 0 Å². The standard InChI is InChI=1S/C32H36N2O4/c1-18-8-7-10-24-29-31(4,38-29)20(3)28-26(16-21-17-33-25-11-6-5-9-23(21)25)34-30(37)32(24,28)27(36)13-12-22(35)15-19(2)14-18/h5-7,9-14,17-18,20,24,26,28-29,33H,8,15-16H2,1-4H3,(H,34,37)/b10-7+,13-12+,19-14+/t18-,20-,24-,26-,28-,29-,31+,32+/m0/s1/i3+1,7+1,8+1,10+1,12+1,13+1,14+1,15+1,18+1,19+1,20+1,22+1,24+1,27+1,29+1,30+1,31+1,32+1. The van der Waals surface area contributed by atoms with Crippen molar-refractivity contribution in [2.75, 3.05) is 0 Å². The number of H-pyrrole nitrogens is 1. The van der Waals surface area contributed by atoms with Crippen molar-refractivity contribution in [1.29, 1.82) is 0 Å². The van der Waals surface area contributed by atoms with Crippen molar-refractivity contribution >= 4 is 28.4 Å². The van der Waals surface area contributed by atoms with Crippen molar-refractivity contribution in [3.05, 3.63) is 72.0 Å². The monoisotopic (exact) mass is 530 g/mol. The topological polar surface area (TPSA) is 91.6 Å². The van der Waals surface area contributed by atoms with Crippen LogP contribution in [0.15, 0.2) is 66.4 Å². The third kappa shape index (κ3) is 3.68. The molecule has 0 radical (unpaired) electrons. The normalized spacial score (nSPS) is 41.9. The molecule has 1 aromatic carbocycles.